The number of hydrogen-bond acceptors (Lipinski definition) is 2. The van der Waals surface area contributed by atoms with Crippen molar-refractivity contribution in [3.8, 4) is 0 Å². The molecule has 1 N–H and O–H groups in total. The molecule has 0 radical (unpaired) electrons. The van der Waals surface area contributed by atoms with Crippen molar-refractivity contribution in [1.82, 2.24) is 9.55 Å². The molecule has 1 aromatic carbocycles. The highest BCUT2D eigenvalue weighted by Gasteiger charge is 2.18. The van der Waals surface area contributed by atoms with Gasteiger partial charge in [0, 0.05) is 11.8 Å². The van der Waals surface area contributed by atoms with Crippen LogP contribution >= 0.6 is 23.4 Å². The lowest BCUT2D eigenvalue weighted by Gasteiger charge is -2.09. The average Bonchev–Trinajstić information content (AvgIpc) is 2.91. The van der Waals surface area contributed by atoms with Gasteiger partial charge in [0.05, 0.1) is 16.1 Å². The predicted octanol–water partition coefficient (Wildman–Crippen LogP) is 2.88. The number of H-pyrrole nitrogens is 1. The summed E-state index contributed by atoms with van der Waals surface area (Å²) in [5, 5.41) is 1.17. The molecular weight excluding hydrogens is 256 g/mol. The summed E-state index contributed by atoms with van der Waals surface area (Å²) in [5.74, 6) is 1.21. The molecule has 1 saturated heterocycles. The van der Waals surface area contributed by atoms with E-state index in [0.29, 0.717) is 10.3 Å². The van der Waals surface area contributed by atoms with Gasteiger partial charge in [0.2, 0.25) is 0 Å². The van der Waals surface area contributed by atoms with E-state index in [4.69, 9.17) is 11.6 Å². The molecule has 1 aromatic heterocycles. The van der Waals surface area contributed by atoms with Crippen LogP contribution in [0, 0.1) is 0 Å². The first kappa shape index (κ1) is 11.2. The van der Waals surface area contributed by atoms with Crippen molar-refractivity contribution >= 4 is 34.4 Å². The highest BCUT2D eigenvalue weighted by atomic mass is 35.5. The second-order valence-corrected chi connectivity index (χ2v) is 6.13. The van der Waals surface area contributed by atoms with Crippen molar-refractivity contribution in [2.75, 3.05) is 5.75 Å². The van der Waals surface area contributed by atoms with Gasteiger partial charge < -0.3 is 4.98 Å². The van der Waals surface area contributed by atoms with Gasteiger partial charge in [-0.05, 0) is 30.7 Å². The molecule has 1 fully saturated rings. The van der Waals surface area contributed by atoms with Gasteiger partial charge in [-0.25, -0.2) is 4.79 Å². The Morgan fingerprint density at radius 2 is 2.41 bits per heavy atom. The van der Waals surface area contributed by atoms with E-state index in [2.05, 4.69) is 4.98 Å². The van der Waals surface area contributed by atoms with Crippen molar-refractivity contribution in [3.05, 3.63) is 33.7 Å². The van der Waals surface area contributed by atoms with Crippen LogP contribution in [-0.4, -0.2) is 20.6 Å². The highest BCUT2D eigenvalue weighted by Crippen LogP contribution is 2.28. The molecule has 1 aliphatic rings. The Bertz CT molecular complexity index is 598. The fourth-order valence-corrected chi connectivity index (χ4v) is 3.79. The fourth-order valence-electron chi connectivity index (χ4n) is 2.32. The molecule has 0 amide bonds. The van der Waals surface area contributed by atoms with E-state index in [1.165, 1.54) is 18.6 Å². The SMILES string of the molecule is O=c1[nH]c2c(Cl)cccc2n1CC1CCCS1. The molecule has 2 heterocycles. The molecule has 3 nitrogen and oxygen atoms in total. The summed E-state index contributed by atoms with van der Waals surface area (Å²) >= 11 is 8.03. The molecule has 5 heteroatoms. The van der Waals surface area contributed by atoms with E-state index in [1.54, 1.807) is 6.07 Å². The number of nitrogens with zero attached hydrogens (tertiary/aromatic N) is 1. The van der Waals surface area contributed by atoms with E-state index in [9.17, 15) is 4.79 Å². The second-order valence-electron chi connectivity index (χ2n) is 4.31. The van der Waals surface area contributed by atoms with Crippen molar-refractivity contribution in [2.24, 2.45) is 0 Å². The minimum absolute atomic E-state index is 0.0550. The van der Waals surface area contributed by atoms with E-state index in [0.717, 1.165) is 17.6 Å². The summed E-state index contributed by atoms with van der Waals surface area (Å²) in [6, 6.07) is 5.63. The number of aromatic nitrogens is 2. The third-order valence-corrected chi connectivity index (χ3v) is 4.87. The Labute approximate surface area is 108 Å². The number of aromatic amines is 1. The number of hydrogen-bond donors (Lipinski definition) is 1. The Hall–Kier alpha value is -0.870. The summed E-state index contributed by atoms with van der Waals surface area (Å²) < 4.78 is 1.81. The minimum atomic E-state index is -0.0550. The summed E-state index contributed by atoms with van der Waals surface area (Å²) in [5.41, 5.74) is 1.61. The minimum Gasteiger partial charge on any atom is -0.304 e. The van der Waals surface area contributed by atoms with Crippen LogP contribution in [0.1, 0.15) is 12.8 Å². The number of halogens is 1. The van der Waals surface area contributed by atoms with Gasteiger partial charge in [-0.15, -0.1) is 0 Å². The maximum atomic E-state index is 11.9. The van der Waals surface area contributed by atoms with Crippen LogP contribution in [0.15, 0.2) is 23.0 Å². The van der Waals surface area contributed by atoms with E-state index < -0.39 is 0 Å². The third-order valence-electron chi connectivity index (χ3n) is 3.17. The molecule has 0 saturated carbocycles. The van der Waals surface area contributed by atoms with Crippen LogP contribution in [0.5, 0.6) is 0 Å². The largest absolute Gasteiger partial charge is 0.326 e. The molecule has 17 heavy (non-hydrogen) atoms. The van der Waals surface area contributed by atoms with Gasteiger partial charge in [0.25, 0.3) is 0 Å². The lowest BCUT2D eigenvalue weighted by molar-refractivity contribution is 0.636. The van der Waals surface area contributed by atoms with E-state index >= 15 is 0 Å². The van der Waals surface area contributed by atoms with Crippen molar-refractivity contribution < 1.29 is 0 Å². The zero-order valence-corrected chi connectivity index (χ0v) is 10.9. The predicted molar refractivity (Wildman–Crippen MR) is 73.0 cm³/mol. The normalized spacial score (nSPS) is 20.2. The van der Waals surface area contributed by atoms with Gasteiger partial charge in [-0.3, -0.25) is 4.57 Å². The van der Waals surface area contributed by atoms with Crippen LogP contribution in [-0.2, 0) is 6.54 Å². The Kier molecular flexibility index (Phi) is 2.92. The number of benzene rings is 1. The van der Waals surface area contributed by atoms with Crippen LogP contribution < -0.4 is 5.69 Å². The fraction of sp³-hybridized carbons (Fsp3) is 0.417. The zero-order valence-electron chi connectivity index (χ0n) is 9.28. The van der Waals surface area contributed by atoms with Gasteiger partial charge in [-0.2, -0.15) is 11.8 Å². The molecule has 1 aliphatic heterocycles. The number of thioether (sulfide) groups is 1. The van der Waals surface area contributed by atoms with Gasteiger partial charge in [-0.1, -0.05) is 17.7 Å². The lowest BCUT2D eigenvalue weighted by atomic mass is 10.2. The first-order chi connectivity index (χ1) is 8.25. The first-order valence-electron chi connectivity index (χ1n) is 5.74. The van der Waals surface area contributed by atoms with Gasteiger partial charge in [0.15, 0.2) is 0 Å². The van der Waals surface area contributed by atoms with Crippen molar-refractivity contribution in [1.29, 1.82) is 0 Å². The highest BCUT2D eigenvalue weighted by molar-refractivity contribution is 8.00. The zero-order chi connectivity index (χ0) is 11.8. The summed E-state index contributed by atoms with van der Waals surface area (Å²) in [6.07, 6.45) is 2.46. The lowest BCUT2D eigenvalue weighted by Crippen LogP contribution is -2.21. The van der Waals surface area contributed by atoms with E-state index in [-0.39, 0.29) is 5.69 Å². The molecule has 1 unspecified atom stereocenters. The Morgan fingerprint density at radius 3 is 3.18 bits per heavy atom. The van der Waals surface area contributed by atoms with E-state index in [1.807, 2.05) is 28.5 Å². The van der Waals surface area contributed by atoms with Crippen molar-refractivity contribution in [2.45, 2.75) is 24.6 Å². The number of fused-ring (bicyclic) bond motifs is 1. The quantitative estimate of drug-likeness (QED) is 0.909. The molecule has 0 aliphatic carbocycles. The number of para-hydroxylation sites is 1. The van der Waals surface area contributed by atoms with Crippen LogP contribution in [0.2, 0.25) is 5.02 Å². The molecule has 1 atom stereocenters. The first-order valence-corrected chi connectivity index (χ1v) is 7.17. The summed E-state index contributed by atoms with van der Waals surface area (Å²) in [4.78, 5) is 14.8. The number of rotatable bonds is 2. The monoisotopic (exact) mass is 268 g/mol. The molecule has 0 spiro atoms. The maximum absolute atomic E-state index is 11.9. The maximum Gasteiger partial charge on any atom is 0.326 e. The molecule has 2 aromatic rings. The molecular formula is C12H13ClN2OS. The average molecular weight is 269 g/mol. The Balaban J connectivity index is 2.06. The standard InChI is InChI=1S/C12H13ClN2OS/c13-9-4-1-5-10-11(9)14-12(16)15(10)7-8-3-2-6-17-8/h1,4-5,8H,2-3,6-7H2,(H,14,16). The van der Waals surface area contributed by atoms with Crippen LogP contribution in [0.3, 0.4) is 0 Å². The number of nitrogens with one attached hydrogen (secondary N) is 1. The van der Waals surface area contributed by atoms with Crippen LogP contribution in [0.25, 0.3) is 11.0 Å². The molecule has 90 valence electrons. The summed E-state index contributed by atoms with van der Waals surface area (Å²) in [6.45, 7) is 0.782. The topological polar surface area (TPSA) is 37.8 Å². The molecule has 3 rings (SSSR count). The molecule has 0 bridgehead atoms. The smallest absolute Gasteiger partial charge is 0.304 e. The number of imidazole rings is 1. The van der Waals surface area contributed by atoms with Gasteiger partial charge >= 0.3 is 5.69 Å². The van der Waals surface area contributed by atoms with Gasteiger partial charge in [0.1, 0.15) is 0 Å². The van der Waals surface area contributed by atoms with Crippen molar-refractivity contribution in [3.63, 3.8) is 0 Å². The van der Waals surface area contributed by atoms with Crippen LogP contribution in [0.4, 0.5) is 0 Å². The Morgan fingerprint density at radius 1 is 1.53 bits per heavy atom. The third kappa shape index (κ3) is 2.00. The summed E-state index contributed by atoms with van der Waals surface area (Å²) in [7, 11) is 0. The second kappa shape index (κ2) is 4.42.